The largest absolute Gasteiger partial charge is 0.495 e. The van der Waals surface area contributed by atoms with Crippen molar-refractivity contribution in [3.63, 3.8) is 0 Å². The smallest absolute Gasteiger partial charge is 0.261 e. The standard InChI is InChI=1S/C13H12ClFN2O5S2/c1-22-12-5-2-8(6-13(12)23(16,18)19)17-24(20,21)9-3-4-11(15)10(14)7-9/h2-7,17H,1H3,(H2,16,18,19). The Morgan fingerprint density at radius 2 is 1.79 bits per heavy atom. The molecule has 0 aliphatic rings. The lowest BCUT2D eigenvalue weighted by Gasteiger charge is -2.12. The van der Waals surface area contributed by atoms with E-state index in [-0.39, 0.29) is 26.3 Å². The van der Waals surface area contributed by atoms with Gasteiger partial charge in [0, 0.05) is 0 Å². The van der Waals surface area contributed by atoms with E-state index in [0.717, 1.165) is 24.3 Å². The zero-order valence-corrected chi connectivity index (χ0v) is 14.5. The second-order valence-electron chi connectivity index (χ2n) is 4.59. The van der Waals surface area contributed by atoms with Crippen LogP contribution >= 0.6 is 11.6 Å². The van der Waals surface area contributed by atoms with Crippen LogP contribution in [0.2, 0.25) is 5.02 Å². The van der Waals surface area contributed by atoms with Gasteiger partial charge in [-0.3, -0.25) is 4.72 Å². The average molecular weight is 395 g/mol. The molecule has 0 saturated carbocycles. The highest BCUT2D eigenvalue weighted by molar-refractivity contribution is 7.92. The lowest BCUT2D eigenvalue weighted by Crippen LogP contribution is -2.16. The maximum Gasteiger partial charge on any atom is 0.261 e. The van der Waals surface area contributed by atoms with Crippen LogP contribution in [0.5, 0.6) is 5.75 Å². The van der Waals surface area contributed by atoms with E-state index < -0.39 is 25.9 Å². The van der Waals surface area contributed by atoms with Crippen molar-refractivity contribution in [2.24, 2.45) is 5.14 Å². The van der Waals surface area contributed by atoms with Crippen molar-refractivity contribution >= 4 is 37.3 Å². The lowest BCUT2D eigenvalue weighted by molar-refractivity contribution is 0.403. The van der Waals surface area contributed by atoms with Crippen molar-refractivity contribution in [2.75, 3.05) is 11.8 Å². The van der Waals surface area contributed by atoms with Crippen LogP contribution in [-0.2, 0) is 20.0 Å². The fourth-order valence-electron chi connectivity index (χ4n) is 1.82. The van der Waals surface area contributed by atoms with Gasteiger partial charge < -0.3 is 4.74 Å². The molecule has 0 unspecified atom stereocenters. The van der Waals surface area contributed by atoms with E-state index in [1.165, 1.54) is 19.2 Å². The summed E-state index contributed by atoms with van der Waals surface area (Å²) >= 11 is 5.57. The predicted molar refractivity (Wildman–Crippen MR) is 86.6 cm³/mol. The predicted octanol–water partition coefficient (Wildman–Crippen LogP) is 1.94. The van der Waals surface area contributed by atoms with Crippen molar-refractivity contribution in [3.8, 4) is 5.75 Å². The summed E-state index contributed by atoms with van der Waals surface area (Å²) in [6.45, 7) is 0. The highest BCUT2D eigenvalue weighted by Gasteiger charge is 2.20. The Hall–Kier alpha value is -1.88. The molecule has 0 bridgehead atoms. The minimum atomic E-state index is -4.13. The molecule has 2 rings (SSSR count). The Kier molecular flexibility index (Phi) is 5.04. The van der Waals surface area contributed by atoms with Crippen molar-refractivity contribution < 1.29 is 26.0 Å². The van der Waals surface area contributed by atoms with Gasteiger partial charge in [-0.25, -0.2) is 26.4 Å². The van der Waals surface area contributed by atoms with Gasteiger partial charge in [0.1, 0.15) is 16.5 Å². The van der Waals surface area contributed by atoms with Gasteiger partial charge in [-0.05, 0) is 36.4 Å². The molecule has 0 aliphatic heterocycles. The Bertz CT molecular complexity index is 993. The van der Waals surface area contributed by atoms with Gasteiger partial charge in [-0.1, -0.05) is 11.6 Å². The van der Waals surface area contributed by atoms with E-state index in [4.69, 9.17) is 21.5 Å². The number of hydrogen-bond acceptors (Lipinski definition) is 5. The summed E-state index contributed by atoms with van der Waals surface area (Å²) in [6.07, 6.45) is 0. The van der Waals surface area contributed by atoms with Crippen LogP contribution < -0.4 is 14.6 Å². The van der Waals surface area contributed by atoms with E-state index in [1.807, 2.05) is 0 Å². The molecule has 0 aliphatic carbocycles. The van der Waals surface area contributed by atoms with Crippen LogP contribution in [0.15, 0.2) is 46.2 Å². The number of anilines is 1. The number of nitrogens with one attached hydrogen (secondary N) is 1. The van der Waals surface area contributed by atoms with E-state index in [2.05, 4.69) is 4.72 Å². The summed E-state index contributed by atoms with van der Waals surface area (Å²) in [5, 5.41) is 4.71. The zero-order valence-electron chi connectivity index (χ0n) is 12.2. The number of nitrogens with two attached hydrogens (primary N) is 1. The molecule has 0 heterocycles. The normalized spacial score (nSPS) is 12.0. The molecule has 2 aromatic carbocycles. The van der Waals surface area contributed by atoms with Crippen LogP contribution in [0.3, 0.4) is 0 Å². The van der Waals surface area contributed by atoms with E-state index in [9.17, 15) is 21.2 Å². The molecule has 0 aromatic heterocycles. The van der Waals surface area contributed by atoms with Gasteiger partial charge in [0.15, 0.2) is 0 Å². The Morgan fingerprint density at radius 3 is 2.33 bits per heavy atom. The number of methoxy groups -OCH3 is 1. The molecule has 24 heavy (non-hydrogen) atoms. The quantitative estimate of drug-likeness (QED) is 0.803. The van der Waals surface area contributed by atoms with Gasteiger partial charge in [-0.2, -0.15) is 0 Å². The SMILES string of the molecule is COc1ccc(NS(=O)(=O)c2ccc(F)c(Cl)c2)cc1S(N)(=O)=O. The summed E-state index contributed by atoms with van der Waals surface area (Å²) in [5.41, 5.74) is -0.0692. The third-order valence-electron chi connectivity index (χ3n) is 2.92. The van der Waals surface area contributed by atoms with E-state index >= 15 is 0 Å². The maximum absolute atomic E-state index is 13.1. The van der Waals surface area contributed by atoms with Crippen LogP contribution in [0.1, 0.15) is 0 Å². The summed E-state index contributed by atoms with van der Waals surface area (Å²) in [5.74, 6) is -0.804. The first-order valence-electron chi connectivity index (χ1n) is 6.23. The van der Waals surface area contributed by atoms with Crippen LogP contribution in [-0.4, -0.2) is 23.9 Å². The maximum atomic E-state index is 13.1. The molecule has 130 valence electrons. The fourth-order valence-corrected chi connectivity index (χ4v) is 3.86. The number of ether oxygens (including phenoxy) is 1. The number of benzene rings is 2. The zero-order chi connectivity index (χ0) is 18.1. The first kappa shape index (κ1) is 18.5. The first-order valence-corrected chi connectivity index (χ1v) is 9.64. The summed E-state index contributed by atoms with van der Waals surface area (Å²) in [4.78, 5) is -0.677. The third kappa shape index (κ3) is 3.96. The molecule has 0 amide bonds. The number of rotatable bonds is 5. The number of sulfonamides is 2. The van der Waals surface area contributed by atoms with Crippen molar-refractivity contribution in [1.29, 1.82) is 0 Å². The Morgan fingerprint density at radius 1 is 1.12 bits per heavy atom. The van der Waals surface area contributed by atoms with Gasteiger partial charge in [0.05, 0.1) is 22.7 Å². The Labute approximate surface area is 143 Å². The first-order chi connectivity index (χ1) is 11.0. The highest BCUT2D eigenvalue weighted by Crippen LogP contribution is 2.28. The highest BCUT2D eigenvalue weighted by atomic mass is 35.5. The van der Waals surface area contributed by atoms with Crippen LogP contribution in [0.25, 0.3) is 0 Å². The van der Waals surface area contributed by atoms with Crippen molar-refractivity contribution in [3.05, 3.63) is 47.2 Å². The molecule has 7 nitrogen and oxygen atoms in total. The fraction of sp³-hybridized carbons (Fsp3) is 0.0769. The third-order valence-corrected chi connectivity index (χ3v) is 5.52. The summed E-state index contributed by atoms with van der Waals surface area (Å²) < 4.78 is 67.8. The number of primary sulfonamides is 1. The van der Waals surface area contributed by atoms with Gasteiger partial charge in [-0.15, -0.1) is 0 Å². The van der Waals surface area contributed by atoms with Crippen molar-refractivity contribution in [2.45, 2.75) is 9.79 Å². The summed E-state index contributed by atoms with van der Waals surface area (Å²) in [6, 6.07) is 6.40. The molecule has 11 heteroatoms. The monoisotopic (exact) mass is 394 g/mol. The molecule has 0 radical (unpaired) electrons. The molecule has 0 saturated heterocycles. The number of halogens is 2. The second-order valence-corrected chi connectivity index (χ2v) is 8.21. The molecule has 0 spiro atoms. The van der Waals surface area contributed by atoms with Crippen LogP contribution in [0, 0.1) is 5.82 Å². The van der Waals surface area contributed by atoms with Gasteiger partial charge in [0.25, 0.3) is 10.0 Å². The van der Waals surface area contributed by atoms with E-state index in [0.29, 0.717) is 0 Å². The Balaban J connectivity index is 2.45. The van der Waals surface area contributed by atoms with Crippen LogP contribution in [0.4, 0.5) is 10.1 Å². The minimum Gasteiger partial charge on any atom is -0.495 e. The molecule has 0 atom stereocenters. The average Bonchev–Trinajstić information content (AvgIpc) is 2.48. The molecule has 0 fully saturated rings. The molecule has 3 N–H and O–H groups in total. The summed E-state index contributed by atoms with van der Waals surface area (Å²) in [7, 11) is -7.00. The van der Waals surface area contributed by atoms with Crippen molar-refractivity contribution in [1.82, 2.24) is 0 Å². The van der Waals surface area contributed by atoms with Gasteiger partial charge >= 0.3 is 0 Å². The molecular weight excluding hydrogens is 383 g/mol. The minimum absolute atomic E-state index is 0.0368. The van der Waals surface area contributed by atoms with Gasteiger partial charge in [0.2, 0.25) is 10.0 Å². The molecular formula is C13H12ClFN2O5S2. The van der Waals surface area contributed by atoms with E-state index in [1.54, 1.807) is 0 Å². The second kappa shape index (κ2) is 6.55. The molecule has 2 aromatic rings. The topological polar surface area (TPSA) is 116 Å². The number of hydrogen-bond donors (Lipinski definition) is 2. The lowest BCUT2D eigenvalue weighted by atomic mass is 10.3.